The molecule has 2 unspecified atom stereocenters. The van der Waals surface area contributed by atoms with Crippen molar-refractivity contribution in [3.8, 4) is 0 Å². The molecule has 10 heterocycles. The molecule has 480 valence electrons. The smallest absolute Gasteiger partial charge is 0.356 e. The zero-order valence-corrected chi connectivity index (χ0v) is 52.6. The van der Waals surface area contributed by atoms with E-state index >= 15 is 0 Å². The Labute approximate surface area is 526 Å². The number of hydrogen-bond donors (Lipinski definition) is 4. The Morgan fingerprint density at radius 2 is 1.06 bits per heavy atom. The predicted octanol–water partition coefficient (Wildman–Crippen LogP) is 9.63. The maximum atomic E-state index is 13.9. The highest BCUT2D eigenvalue weighted by molar-refractivity contribution is 7.92. The van der Waals surface area contributed by atoms with Crippen molar-refractivity contribution >= 4 is 119 Å². The lowest BCUT2D eigenvalue weighted by atomic mass is 9.97. The number of rotatable bonds is 11. The summed E-state index contributed by atoms with van der Waals surface area (Å²) in [5, 5.41) is 15.9. The number of likely N-dealkylation sites (tertiary alicyclic amines) is 2. The Bertz CT molecular complexity index is 3740. The molecule has 6 aliphatic heterocycles. The van der Waals surface area contributed by atoms with E-state index in [0.29, 0.717) is 85.6 Å². The van der Waals surface area contributed by atoms with Crippen LogP contribution in [0.15, 0.2) is 60.7 Å². The van der Waals surface area contributed by atoms with E-state index in [1.54, 1.807) is 42.3 Å². The van der Waals surface area contributed by atoms with E-state index in [9.17, 15) is 52.8 Å². The zero-order valence-electron chi connectivity index (χ0n) is 47.9. The number of sulfonamides is 2. The summed E-state index contributed by atoms with van der Waals surface area (Å²) < 4.78 is 137. The molecule has 0 saturated carbocycles. The van der Waals surface area contributed by atoms with Crippen LogP contribution in [0.5, 0.6) is 0 Å². The summed E-state index contributed by atoms with van der Waals surface area (Å²) in [6, 6.07) is 12.9. The number of fused-ring (bicyclic) bond motifs is 2. The summed E-state index contributed by atoms with van der Waals surface area (Å²) in [7, 11) is -7.34. The number of hydrogen-bond acceptors (Lipinski definition) is 15. The lowest BCUT2D eigenvalue weighted by molar-refractivity contribution is -0.176. The van der Waals surface area contributed by atoms with E-state index in [1.165, 1.54) is 66.5 Å². The highest BCUT2D eigenvalue weighted by atomic mass is 35.5. The summed E-state index contributed by atoms with van der Waals surface area (Å²) in [4.78, 5) is 45.5. The summed E-state index contributed by atoms with van der Waals surface area (Å²) in [5.74, 6) is -0.701. The lowest BCUT2D eigenvalue weighted by Gasteiger charge is -2.37. The first kappa shape index (κ1) is 66.6. The third-order valence-electron chi connectivity index (χ3n) is 16.0. The molecule has 21 nitrogen and oxygen atoms in total. The Kier molecular flexibility index (Phi) is 20.7. The Morgan fingerprint density at radius 3 is 1.52 bits per heavy atom. The molecule has 0 aliphatic carbocycles. The van der Waals surface area contributed by atoms with Crippen molar-refractivity contribution in [2.45, 2.75) is 94.7 Å². The monoisotopic (exact) mass is 1350 g/mol. The van der Waals surface area contributed by atoms with Gasteiger partial charge in [-0.1, -0.05) is 34.8 Å². The molecule has 0 radical (unpaired) electrons. The number of halogens is 10. The minimum atomic E-state index is -4.39. The van der Waals surface area contributed by atoms with Crippen LogP contribution >= 0.6 is 47.2 Å². The minimum Gasteiger partial charge on any atom is -0.356 e. The molecule has 6 saturated heterocycles. The van der Waals surface area contributed by atoms with Crippen LogP contribution in [0.3, 0.4) is 0 Å². The third kappa shape index (κ3) is 15.8. The molecule has 0 bridgehead atoms. The predicted molar refractivity (Wildman–Crippen MR) is 329 cm³/mol. The average Bonchev–Trinajstić information content (AvgIpc) is 2.43. The van der Waals surface area contributed by atoms with Crippen molar-refractivity contribution in [3.05, 3.63) is 98.4 Å². The molecule has 6 aromatic rings. The number of anilines is 5. The van der Waals surface area contributed by atoms with Gasteiger partial charge in [-0.05, 0) is 114 Å². The molecular weight excluding hydrogens is 1290 g/mol. The van der Waals surface area contributed by atoms with E-state index < -0.39 is 68.3 Å². The topological polar surface area (TPSA) is 227 Å². The van der Waals surface area contributed by atoms with Crippen molar-refractivity contribution in [2.24, 2.45) is 5.92 Å². The van der Waals surface area contributed by atoms with E-state index in [0.717, 1.165) is 57.7 Å². The fourth-order valence-electron chi connectivity index (χ4n) is 11.4. The quantitative estimate of drug-likeness (QED) is 0.0700. The summed E-state index contributed by atoms with van der Waals surface area (Å²) >= 11 is 18.6. The summed E-state index contributed by atoms with van der Waals surface area (Å²) in [5.41, 5.74) is 2.35. The number of carbonyl (C=O) groups excluding carboxylic acids is 2. The molecule has 4 atom stereocenters. The van der Waals surface area contributed by atoms with Gasteiger partial charge in [0.2, 0.25) is 20.0 Å². The minimum absolute atomic E-state index is 0. The van der Waals surface area contributed by atoms with Gasteiger partial charge in [0, 0.05) is 93.2 Å². The number of nitrogens with zero attached hydrogens (tertiary/aromatic N) is 11. The van der Waals surface area contributed by atoms with Gasteiger partial charge in [-0.2, -0.15) is 45.6 Å². The molecule has 6 fully saturated rings. The van der Waals surface area contributed by atoms with Crippen LogP contribution in [0.2, 0.25) is 15.2 Å². The highest BCUT2D eigenvalue weighted by Gasteiger charge is 2.44. The number of benzene rings is 2. The molecule has 12 rings (SSSR count). The second-order valence-corrected chi connectivity index (χ2v) is 27.3. The number of piperazine rings is 1. The fraction of sp³-hybridized carbons (Fsp3) is 0.527. The Morgan fingerprint density at radius 1 is 0.568 bits per heavy atom. The molecule has 2 aromatic carbocycles. The molecule has 33 heteroatoms. The number of nitrogens with one attached hydrogen (secondary N) is 4. The van der Waals surface area contributed by atoms with Gasteiger partial charge in [0.1, 0.15) is 28.6 Å². The molecule has 4 aromatic heterocycles. The van der Waals surface area contributed by atoms with E-state index in [2.05, 4.69) is 30.0 Å². The second kappa shape index (κ2) is 27.3. The average molecular weight is 1350 g/mol. The van der Waals surface area contributed by atoms with Gasteiger partial charge in [0.15, 0.2) is 11.3 Å². The van der Waals surface area contributed by atoms with E-state index in [1.807, 2.05) is 0 Å². The van der Waals surface area contributed by atoms with Gasteiger partial charge in [-0.15, -0.1) is 12.4 Å². The van der Waals surface area contributed by atoms with E-state index in [4.69, 9.17) is 50.0 Å². The number of carbonyl (C=O) groups is 2. The van der Waals surface area contributed by atoms with Crippen molar-refractivity contribution in [2.75, 3.05) is 109 Å². The van der Waals surface area contributed by atoms with Crippen LogP contribution in [-0.2, 0) is 20.0 Å². The Hall–Kier alpha value is -5.82. The molecule has 2 amide bonds. The van der Waals surface area contributed by atoms with Crippen molar-refractivity contribution < 1.29 is 52.8 Å². The van der Waals surface area contributed by atoms with E-state index in [-0.39, 0.29) is 76.2 Å². The number of alkyl halides is 6. The zero-order chi connectivity index (χ0) is 62.2. The molecular formula is C55H67Cl4F6N15O6S2. The van der Waals surface area contributed by atoms with Crippen molar-refractivity contribution in [1.82, 2.24) is 49.6 Å². The lowest BCUT2D eigenvalue weighted by Crippen LogP contribution is -2.57. The first-order valence-electron chi connectivity index (χ1n) is 28.6. The van der Waals surface area contributed by atoms with Crippen LogP contribution in [0.25, 0.3) is 11.3 Å². The number of piperidine rings is 3. The van der Waals surface area contributed by atoms with Gasteiger partial charge in [-0.3, -0.25) is 19.0 Å². The van der Waals surface area contributed by atoms with Crippen LogP contribution in [0.1, 0.15) is 108 Å². The first-order valence-corrected chi connectivity index (χ1v) is 33.5. The molecule has 88 heavy (non-hydrogen) atoms. The third-order valence-corrected chi connectivity index (χ3v) is 17.9. The van der Waals surface area contributed by atoms with Crippen LogP contribution in [0.4, 0.5) is 55.2 Å². The molecule has 4 N–H and O–H groups in total. The SMILES string of the molecule is C1CNC1.CS(=O)(=O)Nc1ccc(Cl)cc1C(=O)N1CCCC[C@H]1c1cc2nc(Cl)cc(N3CCCC(C(F)(F)F)C3)n2n1.CS(=O)(=O)Nc1ccc(Cl)cc1C(=O)N1CCCC[C@H]1c1cc2nc(N3CCC3)cc(N3CCNC(C(F)(F)F)C3)n2n1.Cl. The summed E-state index contributed by atoms with van der Waals surface area (Å²) in [6.45, 7) is 5.37. The Balaban J connectivity index is 0.000000195. The molecule has 0 spiro atoms. The van der Waals surface area contributed by atoms with Gasteiger partial charge in [0.25, 0.3) is 11.8 Å². The highest BCUT2D eigenvalue weighted by Crippen LogP contribution is 2.40. The maximum Gasteiger partial charge on any atom is 0.405 e. The maximum absolute atomic E-state index is 13.9. The summed E-state index contributed by atoms with van der Waals surface area (Å²) in [6.07, 6.45) is 0.414. The van der Waals surface area contributed by atoms with Crippen molar-refractivity contribution in [3.63, 3.8) is 0 Å². The van der Waals surface area contributed by atoms with Crippen LogP contribution in [-0.4, -0.2) is 171 Å². The van der Waals surface area contributed by atoms with Crippen LogP contribution in [0, 0.1) is 5.92 Å². The normalized spacial score (nSPS) is 21.1. The van der Waals surface area contributed by atoms with Gasteiger partial charge >= 0.3 is 12.4 Å². The first-order chi connectivity index (χ1) is 41.2. The standard InChI is InChI=1S/C27H32ClF3N8O3S.C25H27Cl2F3N6O3S.C3H7N.ClH/c1-43(41,42)35-19-7-6-17(28)13-18(19)26(40)38-11-3-2-5-21(38)20-14-24-33-23(36-9-4-10-36)15-25(39(24)34-20)37-12-8-32-22(16-37)27(29,30)31;1-40(38,39)33-18-8-7-16(26)11-17(18)24(37)35-10-3-2-6-20(35)19-12-22-31-21(27)13-23(36(22)32-19)34-9-4-5-15(14-34)25(28,29)30;1-2-4-3-1;/h6-7,13-15,21-22,32,35H,2-5,8-12,16H2,1H3;7-8,11-13,15,20,33H,2-6,9-10,14H2,1H3;4H,1-3H2;1H/t21-,22?;15?,20-;;/m00../s1. The number of amides is 2. The van der Waals surface area contributed by atoms with Gasteiger partial charge < -0.3 is 35.1 Å². The van der Waals surface area contributed by atoms with Gasteiger partial charge in [0.05, 0.1) is 64.4 Å². The van der Waals surface area contributed by atoms with Crippen molar-refractivity contribution in [1.29, 1.82) is 0 Å². The largest absolute Gasteiger partial charge is 0.405 e. The second-order valence-electron chi connectivity index (χ2n) is 22.5. The van der Waals surface area contributed by atoms with Gasteiger partial charge in [-0.25, -0.2) is 26.8 Å². The fourth-order valence-corrected chi connectivity index (χ4v) is 13.1. The van der Waals surface area contributed by atoms with Crippen LogP contribution < -0.4 is 34.8 Å². The molecule has 6 aliphatic rings. The number of aromatic nitrogens is 6.